The van der Waals surface area contributed by atoms with E-state index in [0.717, 1.165) is 0 Å². The van der Waals surface area contributed by atoms with Crippen molar-refractivity contribution >= 4 is 13.3 Å². The predicted octanol–water partition coefficient (Wildman–Crippen LogP) is 3.10. The third-order valence-corrected chi connectivity index (χ3v) is 15.0. The zero-order chi connectivity index (χ0) is 11.7. The third kappa shape index (κ3) is 3.34. The molecule has 0 bridgehead atoms. The minimum absolute atomic E-state index is 0.526. The first-order valence-corrected chi connectivity index (χ1v) is 12.4. The summed E-state index contributed by atoms with van der Waals surface area (Å²) in [7, 11) is 2.07. The molecule has 1 rings (SSSR count). The van der Waals surface area contributed by atoms with Crippen LogP contribution in [0.1, 0.15) is 26.3 Å². The molecule has 0 spiro atoms. The molecule has 0 aliphatic heterocycles. The zero-order valence-corrected chi connectivity index (χ0v) is 13.1. The second kappa shape index (κ2) is 4.28. The van der Waals surface area contributed by atoms with Gasteiger partial charge in [0, 0.05) is 0 Å². The molecule has 0 unspecified atom stereocenters. The van der Waals surface area contributed by atoms with Crippen LogP contribution in [-0.4, -0.2) is 13.3 Å². The number of nitrogens with zero attached hydrogens (tertiary/aromatic N) is 1. The summed E-state index contributed by atoms with van der Waals surface area (Å²) >= 11 is -1.70. The second-order valence-electron chi connectivity index (χ2n) is 6.18. The molecule has 0 radical (unpaired) electrons. The molecule has 0 aromatic carbocycles. The standard InChI is InChI=1S/C13H24GeN/c1-13(2,3)14(4,5)11-12-7-9-15(6)10-8-12/h7-10H,11H2,1-6H3/q+1. The van der Waals surface area contributed by atoms with Gasteiger partial charge >= 0.3 is 96.8 Å². The Labute approximate surface area is 96.9 Å². The fourth-order valence-electron chi connectivity index (χ4n) is 1.43. The molecule has 2 heteroatoms. The molecule has 0 N–H and O–H groups in total. The van der Waals surface area contributed by atoms with Crippen LogP contribution in [0.15, 0.2) is 24.5 Å². The first kappa shape index (κ1) is 12.8. The number of hydrogen-bond donors (Lipinski definition) is 0. The van der Waals surface area contributed by atoms with Gasteiger partial charge < -0.3 is 0 Å². The number of hydrogen-bond acceptors (Lipinski definition) is 0. The Balaban J connectivity index is 2.82. The Hall–Kier alpha value is -0.307. The van der Waals surface area contributed by atoms with Gasteiger partial charge in [0.05, 0.1) is 0 Å². The van der Waals surface area contributed by atoms with Gasteiger partial charge in [-0.15, -0.1) is 0 Å². The van der Waals surface area contributed by atoms with Crippen LogP contribution in [0.2, 0.25) is 15.8 Å². The van der Waals surface area contributed by atoms with Gasteiger partial charge in [0.25, 0.3) is 0 Å². The average Bonchev–Trinajstić information content (AvgIpc) is 2.06. The molecule has 0 saturated heterocycles. The van der Waals surface area contributed by atoms with Gasteiger partial charge in [-0.2, -0.15) is 0 Å². The molecule has 0 aliphatic rings. The van der Waals surface area contributed by atoms with Crippen molar-refractivity contribution in [3.8, 4) is 0 Å². The molecular formula is C13H24GeN+. The number of aromatic nitrogens is 1. The van der Waals surface area contributed by atoms with Crippen LogP contribution in [0, 0.1) is 0 Å². The van der Waals surface area contributed by atoms with Crippen molar-refractivity contribution in [3.63, 3.8) is 0 Å². The Morgan fingerprint density at radius 1 is 1.13 bits per heavy atom. The maximum absolute atomic E-state index is 2.53. The first-order chi connectivity index (χ1) is 6.72. The van der Waals surface area contributed by atoms with Gasteiger partial charge in [0.1, 0.15) is 0 Å². The van der Waals surface area contributed by atoms with E-state index in [4.69, 9.17) is 0 Å². The molecular weight excluding hydrogens is 243 g/mol. The van der Waals surface area contributed by atoms with Gasteiger partial charge in [-0.3, -0.25) is 0 Å². The summed E-state index contributed by atoms with van der Waals surface area (Å²) in [6.07, 6.45) is 4.30. The summed E-state index contributed by atoms with van der Waals surface area (Å²) in [6.45, 7) is 7.20. The molecule has 1 aromatic rings. The van der Waals surface area contributed by atoms with Crippen molar-refractivity contribution in [1.82, 2.24) is 0 Å². The number of rotatable bonds is 2. The van der Waals surface area contributed by atoms with Crippen LogP contribution >= 0.6 is 0 Å². The van der Waals surface area contributed by atoms with Gasteiger partial charge in [0.15, 0.2) is 0 Å². The number of pyridine rings is 1. The SMILES string of the molecule is C[n+]1ccc([CH2][Ge]([CH3])([CH3])[C](C)(C)C)cc1. The van der Waals surface area contributed by atoms with Crippen molar-refractivity contribution in [2.75, 3.05) is 0 Å². The summed E-state index contributed by atoms with van der Waals surface area (Å²) in [4.78, 5) is 0. The van der Waals surface area contributed by atoms with Crippen LogP contribution in [0.5, 0.6) is 0 Å². The summed E-state index contributed by atoms with van der Waals surface area (Å²) in [6, 6.07) is 4.53. The van der Waals surface area contributed by atoms with Crippen LogP contribution in [0.25, 0.3) is 0 Å². The van der Waals surface area contributed by atoms with E-state index in [0.29, 0.717) is 4.25 Å². The van der Waals surface area contributed by atoms with Crippen molar-refractivity contribution in [1.29, 1.82) is 0 Å². The Bertz CT molecular complexity index is 319. The quantitative estimate of drug-likeness (QED) is 0.572. The Morgan fingerprint density at radius 2 is 1.60 bits per heavy atom. The molecule has 1 heterocycles. The maximum atomic E-state index is 2.53. The summed E-state index contributed by atoms with van der Waals surface area (Å²) in [5.74, 6) is 5.07. The van der Waals surface area contributed by atoms with E-state index in [1.165, 1.54) is 10.8 Å². The van der Waals surface area contributed by atoms with E-state index >= 15 is 0 Å². The molecule has 0 saturated carbocycles. The fourth-order valence-corrected chi connectivity index (χ4v) is 5.17. The van der Waals surface area contributed by atoms with Crippen molar-refractivity contribution in [2.45, 2.75) is 41.8 Å². The van der Waals surface area contributed by atoms with E-state index in [2.05, 4.69) is 68.4 Å². The van der Waals surface area contributed by atoms with Gasteiger partial charge in [-0.25, -0.2) is 0 Å². The van der Waals surface area contributed by atoms with E-state index in [1.807, 2.05) is 0 Å². The van der Waals surface area contributed by atoms with E-state index in [1.54, 1.807) is 0 Å². The molecule has 15 heavy (non-hydrogen) atoms. The van der Waals surface area contributed by atoms with Crippen LogP contribution in [0.3, 0.4) is 0 Å². The molecule has 0 fully saturated rings. The zero-order valence-electron chi connectivity index (χ0n) is 11.0. The fraction of sp³-hybridized carbons (Fsp3) is 0.615. The minimum atomic E-state index is -1.70. The molecule has 0 aliphatic carbocycles. The summed E-state index contributed by atoms with van der Waals surface area (Å²) < 4.78 is 2.62. The monoisotopic (exact) mass is 268 g/mol. The van der Waals surface area contributed by atoms with Gasteiger partial charge in [-0.05, 0) is 0 Å². The van der Waals surface area contributed by atoms with Crippen molar-refractivity contribution < 1.29 is 4.57 Å². The van der Waals surface area contributed by atoms with Crippen molar-refractivity contribution in [3.05, 3.63) is 30.1 Å². The summed E-state index contributed by atoms with van der Waals surface area (Å²) in [5.41, 5.74) is 1.51. The van der Waals surface area contributed by atoms with Crippen LogP contribution in [0.4, 0.5) is 0 Å². The molecule has 0 atom stereocenters. The first-order valence-electron chi connectivity index (χ1n) is 5.66. The third-order valence-electron chi connectivity index (χ3n) is 3.72. The van der Waals surface area contributed by atoms with Crippen LogP contribution < -0.4 is 4.57 Å². The van der Waals surface area contributed by atoms with Gasteiger partial charge in [0.2, 0.25) is 0 Å². The number of aryl methyl sites for hydroxylation is 1. The topological polar surface area (TPSA) is 3.88 Å². The second-order valence-corrected chi connectivity index (χ2v) is 18.0. The Kier molecular flexibility index (Phi) is 3.64. The molecule has 1 aromatic heterocycles. The van der Waals surface area contributed by atoms with Crippen molar-refractivity contribution in [2.24, 2.45) is 7.05 Å². The van der Waals surface area contributed by atoms with E-state index in [-0.39, 0.29) is 0 Å². The average molecular weight is 267 g/mol. The van der Waals surface area contributed by atoms with E-state index in [9.17, 15) is 0 Å². The molecule has 1 nitrogen and oxygen atoms in total. The summed E-state index contributed by atoms with van der Waals surface area (Å²) in [5, 5.41) is 1.32. The van der Waals surface area contributed by atoms with Gasteiger partial charge in [-0.1, -0.05) is 0 Å². The predicted molar refractivity (Wildman–Crippen MR) is 68.5 cm³/mol. The normalized spacial score (nSPS) is 12.9. The molecule has 84 valence electrons. The molecule has 0 amide bonds. The van der Waals surface area contributed by atoms with E-state index < -0.39 is 13.3 Å². The Morgan fingerprint density at radius 3 is 2.00 bits per heavy atom. The van der Waals surface area contributed by atoms with Crippen LogP contribution in [-0.2, 0) is 12.3 Å².